The van der Waals surface area contributed by atoms with Gasteiger partial charge in [-0.05, 0) is 31.5 Å². The van der Waals surface area contributed by atoms with Crippen LogP contribution in [0.5, 0.6) is 0 Å². The molecule has 0 aliphatic carbocycles. The fraction of sp³-hybridized carbons (Fsp3) is 0.467. The van der Waals surface area contributed by atoms with Gasteiger partial charge in [0.1, 0.15) is 0 Å². The van der Waals surface area contributed by atoms with E-state index in [2.05, 4.69) is 15.3 Å². The van der Waals surface area contributed by atoms with Gasteiger partial charge in [0.15, 0.2) is 11.3 Å². The lowest BCUT2D eigenvalue weighted by molar-refractivity contribution is -0.121. The van der Waals surface area contributed by atoms with Gasteiger partial charge in [-0.2, -0.15) is 0 Å². The van der Waals surface area contributed by atoms with Crippen molar-refractivity contribution in [3.8, 4) is 0 Å². The number of carbonyl (C=O) groups is 1. The lowest BCUT2D eigenvalue weighted by atomic mass is 9.97. The summed E-state index contributed by atoms with van der Waals surface area (Å²) in [7, 11) is 0. The molecule has 0 radical (unpaired) electrons. The Morgan fingerprint density at radius 1 is 1.38 bits per heavy atom. The largest absolute Gasteiger partial charge is 0.391 e. The number of hydrogen-bond donors (Lipinski definition) is 2. The van der Waals surface area contributed by atoms with Crippen LogP contribution in [0, 0.1) is 0 Å². The first-order chi connectivity index (χ1) is 10.6. The summed E-state index contributed by atoms with van der Waals surface area (Å²) >= 11 is 0. The van der Waals surface area contributed by atoms with E-state index in [1.807, 2.05) is 0 Å². The second-order valence-corrected chi connectivity index (χ2v) is 5.56. The summed E-state index contributed by atoms with van der Waals surface area (Å²) in [4.78, 5) is 32.6. The SMILES string of the molecule is Cl.Cl.O=C(C[C@H]1NCCC[C@@H]1O)Cn1cnc2cccnc2c1=O. The molecule has 2 atom stereocenters. The number of aliphatic hydroxyl groups excluding tert-OH is 1. The van der Waals surface area contributed by atoms with Crippen molar-refractivity contribution in [2.45, 2.75) is 38.0 Å². The van der Waals surface area contributed by atoms with Gasteiger partial charge in [0.2, 0.25) is 0 Å². The molecule has 3 rings (SSSR count). The number of aromatic nitrogens is 3. The van der Waals surface area contributed by atoms with E-state index in [0.717, 1.165) is 13.0 Å². The van der Waals surface area contributed by atoms with Crippen LogP contribution in [0.3, 0.4) is 0 Å². The maximum atomic E-state index is 12.3. The average molecular weight is 375 g/mol. The van der Waals surface area contributed by atoms with Crippen molar-refractivity contribution in [2.24, 2.45) is 0 Å². The highest BCUT2D eigenvalue weighted by Gasteiger charge is 2.25. The zero-order valence-electron chi connectivity index (χ0n) is 12.9. The highest BCUT2D eigenvalue weighted by atomic mass is 35.5. The van der Waals surface area contributed by atoms with Gasteiger partial charge in [-0.1, -0.05) is 0 Å². The molecule has 132 valence electrons. The van der Waals surface area contributed by atoms with E-state index >= 15 is 0 Å². The number of ketones is 1. The molecule has 0 amide bonds. The van der Waals surface area contributed by atoms with Crippen molar-refractivity contribution in [3.05, 3.63) is 35.0 Å². The van der Waals surface area contributed by atoms with Crippen molar-refractivity contribution in [1.29, 1.82) is 0 Å². The van der Waals surface area contributed by atoms with Gasteiger partial charge in [-0.15, -0.1) is 24.8 Å². The third-order valence-corrected chi connectivity index (χ3v) is 3.93. The lowest BCUT2D eigenvalue weighted by Crippen LogP contribution is -2.46. The first-order valence-electron chi connectivity index (χ1n) is 7.38. The molecule has 2 N–H and O–H groups in total. The van der Waals surface area contributed by atoms with Crippen LogP contribution < -0.4 is 10.9 Å². The van der Waals surface area contributed by atoms with Crippen molar-refractivity contribution in [3.63, 3.8) is 0 Å². The molecule has 0 spiro atoms. The van der Waals surface area contributed by atoms with E-state index in [1.165, 1.54) is 17.1 Å². The molecule has 0 unspecified atom stereocenters. The predicted molar refractivity (Wildman–Crippen MR) is 94.9 cm³/mol. The van der Waals surface area contributed by atoms with Crippen LogP contribution in [0.4, 0.5) is 0 Å². The topological polar surface area (TPSA) is 97.1 Å². The van der Waals surface area contributed by atoms with E-state index < -0.39 is 6.10 Å². The Morgan fingerprint density at radius 2 is 2.17 bits per heavy atom. The Bertz CT molecular complexity index is 753. The molecule has 3 heterocycles. The Labute approximate surface area is 151 Å². The summed E-state index contributed by atoms with van der Waals surface area (Å²) in [5.74, 6) is -0.113. The van der Waals surface area contributed by atoms with Gasteiger partial charge in [-0.25, -0.2) is 9.97 Å². The number of carbonyl (C=O) groups excluding carboxylic acids is 1. The average Bonchev–Trinajstić information content (AvgIpc) is 2.53. The van der Waals surface area contributed by atoms with Crippen molar-refractivity contribution >= 4 is 41.6 Å². The molecular weight excluding hydrogens is 355 g/mol. The fourth-order valence-corrected chi connectivity index (χ4v) is 2.74. The summed E-state index contributed by atoms with van der Waals surface area (Å²) in [6, 6.07) is 3.18. The number of nitrogens with zero attached hydrogens (tertiary/aromatic N) is 3. The second-order valence-electron chi connectivity index (χ2n) is 5.56. The van der Waals surface area contributed by atoms with E-state index in [-0.39, 0.29) is 60.7 Å². The number of pyridine rings is 1. The van der Waals surface area contributed by atoms with Gasteiger partial charge in [0, 0.05) is 18.7 Å². The zero-order valence-corrected chi connectivity index (χ0v) is 14.6. The predicted octanol–water partition coefficient (Wildman–Crippen LogP) is 0.707. The zero-order chi connectivity index (χ0) is 15.5. The van der Waals surface area contributed by atoms with Crippen molar-refractivity contribution in [1.82, 2.24) is 19.9 Å². The molecule has 1 aliphatic heterocycles. The summed E-state index contributed by atoms with van der Waals surface area (Å²) < 4.78 is 1.27. The molecule has 24 heavy (non-hydrogen) atoms. The highest BCUT2D eigenvalue weighted by Crippen LogP contribution is 2.12. The number of hydrogen-bond acceptors (Lipinski definition) is 6. The molecule has 9 heteroatoms. The van der Waals surface area contributed by atoms with Crippen LogP contribution in [0.15, 0.2) is 29.5 Å². The number of fused-ring (bicyclic) bond motifs is 1. The lowest BCUT2D eigenvalue weighted by Gasteiger charge is -2.28. The number of aliphatic hydroxyl groups is 1. The van der Waals surface area contributed by atoms with Crippen molar-refractivity contribution in [2.75, 3.05) is 6.54 Å². The van der Waals surface area contributed by atoms with Crippen molar-refractivity contribution < 1.29 is 9.90 Å². The molecule has 1 aliphatic rings. The van der Waals surface area contributed by atoms with E-state index in [1.54, 1.807) is 12.1 Å². The maximum Gasteiger partial charge on any atom is 0.280 e. The minimum atomic E-state index is -0.509. The summed E-state index contributed by atoms with van der Waals surface area (Å²) in [6.07, 6.45) is 4.20. The first kappa shape index (κ1) is 20.5. The van der Waals surface area contributed by atoms with E-state index in [9.17, 15) is 14.7 Å². The van der Waals surface area contributed by atoms with Gasteiger partial charge >= 0.3 is 0 Å². The van der Waals surface area contributed by atoms with Crippen LogP contribution in [-0.2, 0) is 11.3 Å². The van der Waals surface area contributed by atoms with Gasteiger partial charge < -0.3 is 10.4 Å². The first-order valence-corrected chi connectivity index (χ1v) is 7.38. The molecule has 1 fully saturated rings. The summed E-state index contributed by atoms with van der Waals surface area (Å²) in [6.45, 7) is 0.750. The Morgan fingerprint density at radius 3 is 2.92 bits per heavy atom. The molecule has 0 aromatic carbocycles. The van der Waals surface area contributed by atoms with Gasteiger partial charge in [0.25, 0.3) is 5.56 Å². The van der Waals surface area contributed by atoms with Gasteiger partial charge in [0.05, 0.1) is 24.5 Å². The van der Waals surface area contributed by atoms with E-state index in [4.69, 9.17) is 0 Å². The maximum absolute atomic E-state index is 12.3. The normalized spacial score (nSPS) is 20.0. The molecule has 1 saturated heterocycles. The minimum Gasteiger partial charge on any atom is -0.391 e. The van der Waals surface area contributed by atoms with Crippen LogP contribution >= 0.6 is 24.8 Å². The smallest absolute Gasteiger partial charge is 0.280 e. The van der Waals surface area contributed by atoms with Gasteiger partial charge in [-0.3, -0.25) is 14.2 Å². The summed E-state index contributed by atoms with van der Waals surface area (Å²) in [5, 5.41) is 13.0. The minimum absolute atomic E-state index is 0. The Balaban J connectivity index is 0.00000144. The Kier molecular flexibility index (Phi) is 7.75. The number of nitrogens with one attached hydrogen (secondary N) is 1. The number of Topliss-reactive ketones (excluding diaryl/α,β-unsaturated/α-hetero) is 1. The quantitative estimate of drug-likeness (QED) is 0.817. The highest BCUT2D eigenvalue weighted by molar-refractivity contribution is 5.85. The summed E-state index contributed by atoms with van der Waals surface area (Å²) in [5.41, 5.74) is 0.449. The Hall–Kier alpha value is -1.54. The molecule has 0 saturated carbocycles. The van der Waals surface area contributed by atoms with E-state index in [0.29, 0.717) is 11.9 Å². The van der Waals surface area contributed by atoms with Crippen LogP contribution in [0.25, 0.3) is 11.0 Å². The fourth-order valence-electron chi connectivity index (χ4n) is 2.74. The third kappa shape index (κ3) is 4.51. The third-order valence-electron chi connectivity index (χ3n) is 3.93. The molecule has 2 aromatic heterocycles. The monoisotopic (exact) mass is 374 g/mol. The number of halogens is 2. The molecule has 0 bridgehead atoms. The second kappa shape index (κ2) is 9.08. The molecular formula is C15H20Cl2N4O3. The van der Waals surface area contributed by atoms with Crippen LogP contribution in [-0.4, -0.2) is 44.1 Å². The molecule has 7 nitrogen and oxygen atoms in total. The number of piperidine rings is 1. The van der Waals surface area contributed by atoms with Crippen LogP contribution in [0.1, 0.15) is 19.3 Å². The van der Waals surface area contributed by atoms with Crippen LogP contribution in [0.2, 0.25) is 0 Å². The molecule has 2 aromatic rings. The standard InChI is InChI=1S/C15H18N4O3.2ClH/c20-10(7-12-13(21)4-2-5-16-12)8-19-9-18-11-3-1-6-17-14(11)15(19)22;;/h1,3,6,9,12-13,16,21H,2,4-5,7-8H2;2*1H/t12-,13+;;/m1../s1. The number of rotatable bonds is 4.